The predicted octanol–water partition coefficient (Wildman–Crippen LogP) is 1.33. The van der Waals surface area contributed by atoms with Crippen molar-refractivity contribution in [2.24, 2.45) is 4.99 Å². The Balaban J connectivity index is 3.12. The van der Waals surface area contributed by atoms with E-state index in [9.17, 15) is 4.79 Å². The largest absolute Gasteiger partial charge is 0.480 e. The highest BCUT2D eigenvalue weighted by molar-refractivity contribution is 7.78. The average molecular weight is 194 g/mol. The number of aromatic nitrogens is 1. The molecule has 0 radical (unpaired) electrons. The Kier molecular flexibility index (Phi) is 3.25. The van der Waals surface area contributed by atoms with Crippen LogP contribution in [0.25, 0.3) is 0 Å². The first-order chi connectivity index (χ1) is 6.29. The zero-order chi connectivity index (χ0) is 9.68. The number of pyridine rings is 1. The normalized spacial score (nSPS) is 8.69. The minimum absolute atomic E-state index is 0.238. The number of isothiocyanates is 1. The van der Waals surface area contributed by atoms with E-state index in [1.165, 1.54) is 13.3 Å². The second-order valence-corrected chi connectivity index (χ2v) is 2.25. The van der Waals surface area contributed by atoms with Gasteiger partial charge in [-0.1, -0.05) is 0 Å². The topological polar surface area (TPSA) is 51.5 Å². The molecule has 1 heterocycles. The first-order valence-corrected chi connectivity index (χ1v) is 3.81. The molecule has 0 fully saturated rings. The lowest BCUT2D eigenvalue weighted by atomic mass is 10.2. The Labute approximate surface area is 80.3 Å². The van der Waals surface area contributed by atoms with E-state index in [1.54, 1.807) is 12.1 Å². The van der Waals surface area contributed by atoms with E-state index in [1.807, 2.05) is 5.16 Å². The van der Waals surface area contributed by atoms with Gasteiger partial charge in [0.15, 0.2) is 0 Å². The van der Waals surface area contributed by atoms with Gasteiger partial charge in [-0.25, -0.2) is 4.98 Å². The molecule has 0 aromatic carbocycles. The van der Waals surface area contributed by atoms with Gasteiger partial charge in [-0.15, -0.1) is 0 Å². The van der Waals surface area contributed by atoms with Crippen LogP contribution in [0.1, 0.15) is 10.4 Å². The molecule has 0 aliphatic heterocycles. The minimum atomic E-state index is -0.500. The smallest absolute Gasteiger partial charge is 0.291 e. The fraction of sp³-hybridized carbons (Fsp3) is 0.125. The van der Waals surface area contributed by atoms with Gasteiger partial charge in [0.2, 0.25) is 5.88 Å². The molecule has 0 saturated carbocycles. The van der Waals surface area contributed by atoms with Crippen LogP contribution in [0.2, 0.25) is 0 Å². The van der Waals surface area contributed by atoms with Crippen LogP contribution in [0.5, 0.6) is 5.88 Å². The number of hydrogen-bond donors (Lipinski definition) is 0. The molecular weight excluding hydrogens is 188 g/mol. The van der Waals surface area contributed by atoms with Crippen LogP contribution < -0.4 is 4.74 Å². The number of hydrogen-bond acceptors (Lipinski definition) is 4. The van der Waals surface area contributed by atoms with Crippen molar-refractivity contribution in [1.29, 1.82) is 0 Å². The lowest BCUT2D eigenvalue weighted by Gasteiger charge is -2.00. The molecular formula is C8H6N2O2S. The third kappa shape index (κ3) is 2.18. The number of amides is 1. The van der Waals surface area contributed by atoms with Crippen molar-refractivity contribution in [3.63, 3.8) is 0 Å². The summed E-state index contributed by atoms with van der Waals surface area (Å²) in [6, 6.07) is 3.18. The quantitative estimate of drug-likeness (QED) is 0.526. The minimum Gasteiger partial charge on any atom is -0.480 e. The van der Waals surface area contributed by atoms with Crippen LogP contribution in [-0.2, 0) is 0 Å². The average Bonchev–Trinajstić information content (AvgIpc) is 2.18. The molecule has 5 heteroatoms. The van der Waals surface area contributed by atoms with E-state index >= 15 is 0 Å². The summed E-state index contributed by atoms with van der Waals surface area (Å²) in [6.07, 6.45) is 1.52. The molecule has 0 unspecified atom stereocenters. The Morgan fingerprint density at radius 2 is 2.54 bits per heavy atom. The van der Waals surface area contributed by atoms with Crippen molar-refractivity contribution < 1.29 is 9.53 Å². The second-order valence-electron chi connectivity index (χ2n) is 2.07. The van der Waals surface area contributed by atoms with Gasteiger partial charge in [-0.2, -0.15) is 4.99 Å². The van der Waals surface area contributed by atoms with E-state index in [4.69, 9.17) is 4.74 Å². The Morgan fingerprint density at radius 1 is 1.77 bits per heavy atom. The lowest BCUT2D eigenvalue weighted by molar-refractivity contribution is 0.1000. The molecule has 0 spiro atoms. The number of nitrogens with zero attached hydrogens (tertiary/aromatic N) is 2. The summed E-state index contributed by atoms with van der Waals surface area (Å²) in [5.41, 5.74) is 0.280. The number of methoxy groups -OCH3 is 1. The highest BCUT2D eigenvalue weighted by Crippen LogP contribution is 2.13. The number of thiocarbonyl (C=S) groups is 1. The molecule has 0 aliphatic carbocycles. The first-order valence-electron chi connectivity index (χ1n) is 3.40. The second kappa shape index (κ2) is 4.45. The van der Waals surface area contributed by atoms with Crippen molar-refractivity contribution in [3.8, 4) is 5.88 Å². The molecule has 1 aromatic rings. The SMILES string of the molecule is COc1ncccc1C(=O)N=C=S. The van der Waals surface area contributed by atoms with Crippen molar-refractivity contribution in [2.75, 3.05) is 7.11 Å². The summed E-state index contributed by atoms with van der Waals surface area (Å²) in [5, 5.41) is 1.99. The van der Waals surface area contributed by atoms with Crippen LogP contribution in [0, 0.1) is 0 Å². The van der Waals surface area contributed by atoms with Gasteiger partial charge in [0.25, 0.3) is 5.91 Å². The molecule has 1 amide bonds. The van der Waals surface area contributed by atoms with Gasteiger partial charge in [0, 0.05) is 6.20 Å². The Hall–Kier alpha value is -1.58. The maximum Gasteiger partial charge on any atom is 0.291 e. The zero-order valence-electron chi connectivity index (χ0n) is 6.85. The van der Waals surface area contributed by atoms with Gasteiger partial charge in [-0.05, 0) is 24.4 Å². The molecule has 4 nitrogen and oxygen atoms in total. The number of ether oxygens (including phenoxy) is 1. The van der Waals surface area contributed by atoms with Crippen LogP contribution in [-0.4, -0.2) is 23.2 Å². The van der Waals surface area contributed by atoms with Crippen LogP contribution >= 0.6 is 12.2 Å². The molecule has 1 aromatic heterocycles. The first kappa shape index (κ1) is 9.51. The van der Waals surface area contributed by atoms with E-state index in [0.29, 0.717) is 0 Å². The van der Waals surface area contributed by atoms with Gasteiger partial charge >= 0.3 is 0 Å². The van der Waals surface area contributed by atoms with Crippen LogP contribution in [0.4, 0.5) is 0 Å². The van der Waals surface area contributed by atoms with Gasteiger partial charge in [0.05, 0.1) is 12.3 Å². The van der Waals surface area contributed by atoms with Crippen molar-refractivity contribution in [1.82, 2.24) is 4.98 Å². The van der Waals surface area contributed by atoms with Crippen LogP contribution in [0.15, 0.2) is 23.3 Å². The highest BCUT2D eigenvalue weighted by atomic mass is 32.1. The van der Waals surface area contributed by atoms with E-state index < -0.39 is 5.91 Å². The maximum absolute atomic E-state index is 11.2. The molecule has 0 saturated heterocycles. The van der Waals surface area contributed by atoms with Crippen molar-refractivity contribution >= 4 is 23.3 Å². The summed E-state index contributed by atoms with van der Waals surface area (Å²) >= 11 is 4.31. The lowest BCUT2D eigenvalue weighted by Crippen LogP contribution is -2.00. The van der Waals surface area contributed by atoms with E-state index in [0.717, 1.165) is 0 Å². The molecule has 0 atom stereocenters. The number of carbonyl (C=O) groups is 1. The van der Waals surface area contributed by atoms with E-state index in [2.05, 4.69) is 22.2 Å². The van der Waals surface area contributed by atoms with Crippen LogP contribution in [0.3, 0.4) is 0 Å². The number of aliphatic imine (C=N–C) groups is 1. The zero-order valence-corrected chi connectivity index (χ0v) is 7.67. The Morgan fingerprint density at radius 3 is 3.15 bits per heavy atom. The van der Waals surface area contributed by atoms with Gasteiger partial charge in [-0.3, -0.25) is 4.79 Å². The maximum atomic E-state index is 11.2. The summed E-state index contributed by atoms with van der Waals surface area (Å²) in [5.74, 6) is -0.263. The van der Waals surface area contributed by atoms with Gasteiger partial charge < -0.3 is 4.74 Å². The predicted molar refractivity (Wildman–Crippen MR) is 50.1 cm³/mol. The standard InChI is InChI=1S/C8H6N2O2S/c1-12-8-6(3-2-4-9-8)7(11)10-5-13/h2-4H,1H3. The summed E-state index contributed by atoms with van der Waals surface area (Å²) < 4.78 is 4.86. The highest BCUT2D eigenvalue weighted by Gasteiger charge is 2.10. The summed E-state index contributed by atoms with van der Waals surface area (Å²) in [4.78, 5) is 18.4. The monoisotopic (exact) mass is 194 g/mol. The molecule has 66 valence electrons. The van der Waals surface area contributed by atoms with Crippen molar-refractivity contribution in [3.05, 3.63) is 23.9 Å². The summed E-state index contributed by atoms with van der Waals surface area (Å²) in [6.45, 7) is 0. The molecule has 1 rings (SSSR count). The Bertz CT molecular complexity index is 372. The van der Waals surface area contributed by atoms with Crippen molar-refractivity contribution in [2.45, 2.75) is 0 Å². The molecule has 0 N–H and O–H groups in total. The van der Waals surface area contributed by atoms with E-state index in [-0.39, 0.29) is 11.4 Å². The summed E-state index contributed by atoms with van der Waals surface area (Å²) in [7, 11) is 1.43. The fourth-order valence-corrected chi connectivity index (χ4v) is 0.901. The van der Waals surface area contributed by atoms with Gasteiger partial charge in [0.1, 0.15) is 5.56 Å². The number of rotatable bonds is 2. The fourth-order valence-electron chi connectivity index (χ4n) is 0.818. The third-order valence-electron chi connectivity index (χ3n) is 1.34. The number of carbonyl (C=O) groups excluding carboxylic acids is 1. The molecule has 0 bridgehead atoms. The molecule has 13 heavy (non-hydrogen) atoms. The molecule has 0 aliphatic rings. The third-order valence-corrected chi connectivity index (χ3v) is 1.43.